The van der Waals surface area contributed by atoms with Gasteiger partial charge in [0.25, 0.3) is 0 Å². The van der Waals surface area contributed by atoms with Gasteiger partial charge in [-0.1, -0.05) is 18.2 Å². The van der Waals surface area contributed by atoms with Crippen LogP contribution in [0.25, 0.3) is 0 Å². The van der Waals surface area contributed by atoms with Gasteiger partial charge in [0.1, 0.15) is 5.75 Å². The highest BCUT2D eigenvalue weighted by Gasteiger charge is 2.03. The van der Waals surface area contributed by atoms with Crippen molar-refractivity contribution in [3.05, 3.63) is 42.5 Å². The molecule has 0 radical (unpaired) electrons. The van der Waals surface area contributed by atoms with Gasteiger partial charge in [0, 0.05) is 0 Å². The van der Waals surface area contributed by atoms with Gasteiger partial charge in [-0.15, -0.1) is 6.58 Å². The molecule has 1 aromatic rings. The number of benzene rings is 1. The maximum absolute atomic E-state index is 11.1. The first kappa shape index (κ1) is 12.3. The highest BCUT2D eigenvalue weighted by molar-refractivity contribution is 5.72. The van der Waals surface area contributed by atoms with Gasteiger partial charge in [-0.25, -0.2) is 0 Å². The van der Waals surface area contributed by atoms with Gasteiger partial charge in [-0.05, 0) is 24.1 Å². The predicted molar refractivity (Wildman–Crippen MR) is 62.5 cm³/mol. The molecular formula is C13H16O3. The molecule has 0 aliphatic heterocycles. The summed E-state index contributed by atoms with van der Waals surface area (Å²) in [4.78, 5) is 11.1. The van der Waals surface area contributed by atoms with Crippen LogP contribution in [0.5, 0.6) is 5.75 Å². The molecule has 0 heterocycles. The van der Waals surface area contributed by atoms with Gasteiger partial charge in [-0.2, -0.15) is 0 Å². The average molecular weight is 220 g/mol. The summed E-state index contributed by atoms with van der Waals surface area (Å²) in [5.74, 6) is 0.520. The van der Waals surface area contributed by atoms with Crippen molar-refractivity contribution < 1.29 is 14.3 Å². The molecule has 0 aliphatic rings. The fourth-order valence-electron chi connectivity index (χ4n) is 1.24. The highest BCUT2D eigenvalue weighted by Crippen LogP contribution is 2.14. The third-order valence-corrected chi connectivity index (χ3v) is 2.07. The summed E-state index contributed by atoms with van der Waals surface area (Å²) in [5, 5.41) is 0. The normalized spacial score (nSPS) is 9.56. The van der Waals surface area contributed by atoms with E-state index in [1.807, 2.05) is 24.3 Å². The predicted octanol–water partition coefficient (Wildman–Crippen LogP) is 2.36. The van der Waals surface area contributed by atoms with Gasteiger partial charge >= 0.3 is 5.97 Å². The third kappa shape index (κ3) is 4.17. The van der Waals surface area contributed by atoms with Crippen molar-refractivity contribution in [3.8, 4) is 5.75 Å². The largest absolute Gasteiger partial charge is 0.493 e. The topological polar surface area (TPSA) is 35.5 Å². The second-order valence-electron chi connectivity index (χ2n) is 3.33. The molecule has 0 aliphatic carbocycles. The van der Waals surface area contributed by atoms with E-state index in [2.05, 4.69) is 11.3 Å². The molecule has 0 unspecified atom stereocenters. The third-order valence-electron chi connectivity index (χ3n) is 2.07. The van der Waals surface area contributed by atoms with Crippen LogP contribution in [0.15, 0.2) is 36.9 Å². The Bertz CT molecular complexity index is 358. The Balaban J connectivity index is 2.56. The Morgan fingerprint density at radius 1 is 1.50 bits per heavy atom. The Kier molecular flexibility index (Phi) is 5.12. The Morgan fingerprint density at radius 3 is 3.00 bits per heavy atom. The Morgan fingerprint density at radius 2 is 2.31 bits per heavy atom. The summed E-state index contributed by atoms with van der Waals surface area (Å²) in [6, 6.07) is 7.45. The van der Waals surface area contributed by atoms with Crippen LogP contribution >= 0.6 is 0 Å². The zero-order valence-corrected chi connectivity index (χ0v) is 9.44. The van der Waals surface area contributed by atoms with Gasteiger partial charge in [0.2, 0.25) is 0 Å². The molecule has 1 rings (SSSR count). The van der Waals surface area contributed by atoms with E-state index in [4.69, 9.17) is 4.74 Å². The number of carbonyl (C=O) groups excluding carboxylic acids is 1. The van der Waals surface area contributed by atoms with E-state index in [1.54, 1.807) is 6.08 Å². The molecule has 0 saturated carbocycles. The molecule has 0 amide bonds. The van der Waals surface area contributed by atoms with Crippen LogP contribution in [0.2, 0.25) is 0 Å². The first-order valence-electron chi connectivity index (χ1n) is 5.15. The summed E-state index contributed by atoms with van der Waals surface area (Å²) < 4.78 is 10.1. The molecule has 3 nitrogen and oxygen atoms in total. The second-order valence-corrected chi connectivity index (χ2v) is 3.33. The molecule has 16 heavy (non-hydrogen) atoms. The Hall–Kier alpha value is -1.77. The van der Waals surface area contributed by atoms with E-state index >= 15 is 0 Å². The Labute approximate surface area is 95.7 Å². The minimum Gasteiger partial charge on any atom is -0.493 e. The lowest BCUT2D eigenvalue weighted by Crippen LogP contribution is -2.04. The van der Waals surface area contributed by atoms with E-state index in [0.29, 0.717) is 6.61 Å². The number of hydrogen-bond donors (Lipinski definition) is 0. The molecule has 0 aromatic heterocycles. The van der Waals surface area contributed by atoms with Crippen LogP contribution in [-0.2, 0) is 16.0 Å². The van der Waals surface area contributed by atoms with Crippen LogP contribution in [0, 0.1) is 0 Å². The average Bonchev–Trinajstić information content (AvgIpc) is 2.30. The number of ether oxygens (including phenoxy) is 2. The molecule has 3 heteroatoms. The lowest BCUT2D eigenvalue weighted by Gasteiger charge is -2.06. The molecule has 0 N–H and O–H groups in total. The highest BCUT2D eigenvalue weighted by atomic mass is 16.5. The van der Waals surface area contributed by atoms with E-state index in [9.17, 15) is 4.79 Å². The molecule has 0 fully saturated rings. The van der Waals surface area contributed by atoms with Gasteiger partial charge in [0.05, 0.1) is 20.1 Å². The lowest BCUT2D eigenvalue weighted by molar-refractivity contribution is -0.139. The minimum absolute atomic E-state index is 0.247. The van der Waals surface area contributed by atoms with Crippen molar-refractivity contribution in [1.29, 1.82) is 0 Å². The van der Waals surface area contributed by atoms with Crippen LogP contribution in [0.1, 0.15) is 12.0 Å². The first-order valence-corrected chi connectivity index (χ1v) is 5.15. The molecule has 0 atom stereocenters. The van der Waals surface area contributed by atoms with Crippen molar-refractivity contribution in [3.63, 3.8) is 0 Å². The number of rotatable bonds is 6. The zero-order valence-electron chi connectivity index (χ0n) is 9.44. The van der Waals surface area contributed by atoms with Crippen molar-refractivity contribution in [2.45, 2.75) is 12.8 Å². The summed E-state index contributed by atoms with van der Waals surface area (Å²) in [6.07, 6.45) is 2.88. The molecular weight excluding hydrogens is 204 g/mol. The van der Waals surface area contributed by atoms with E-state index < -0.39 is 0 Å². The van der Waals surface area contributed by atoms with Crippen molar-refractivity contribution >= 4 is 5.97 Å². The van der Waals surface area contributed by atoms with Crippen LogP contribution in [0.3, 0.4) is 0 Å². The first-order chi connectivity index (χ1) is 7.76. The quantitative estimate of drug-likeness (QED) is 0.419. The van der Waals surface area contributed by atoms with Crippen LogP contribution in [0.4, 0.5) is 0 Å². The second kappa shape index (κ2) is 6.67. The standard InChI is InChI=1S/C13H16O3/c1-3-4-8-16-12-7-5-6-11(9-12)10-13(14)15-2/h3,5-7,9H,1,4,8,10H2,2H3. The van der Waals surface area contributed by atoms with E-state index in [1.165, 1.54) is 7.11 Å². The number of hydrogen-bond acceptors (Lipinski definition) is 3. The summed E-state index contributed by atoms with van der Waals surface area (Å²) in [5.41, 5.74) is 0.892. The summed E-state index contributed by atoms with van der Waals surface area (Å²) in [7, 11) is 1.38. The smallest absolute Gasteiger partial charge is 0.309 e. The van der Waals surface area contributed by atoms with E-state index in [-0.39, 0.29) is 12.4 Å². The molecule has 86 valence electrons. The zero-order chi connectivity index (χ0) is 11.8. The fourth-order valence-corrected chi connectivity index (χ4v) is 1.24. The van der Waals surface area contributed by atoms with Crippen LogP contribution in [-0.4, -0.2) is 19.7 Å². The summed E-state index contributed by atoms with van der Waals surface area (Å²) >= 11 is 0. The molecule has 0 bridgehead atoms. The fraction of sp³-hybridized carbons (Fsp3) is 0.308. The maximum atomic E-state index is 11.1. The van der Waals surface area contributed by atoms with Crippen LogP contribution < -0.4 is 4.74 Å². The maximum Gasteiger partial charge on any atom is 0.309 e. The van der Waals surface area contributed by atoms with E-state index in [0.717, 1.165) is 17.7 Å². The lowest BCUT2D eigenvalue weighted by atomic mass is 10.1. The molecule has 1 aromatic carbocycles. The van der Waals surface area contributed by atoms with Gasteiger partial charge < -0.3 is 9.47 Å². The monoisotopic (exact) mass is 220 g/mol. The van der Waals surface area contributed by atoms with Gasteiger partial charge in [-0.3, -0.25) is 4.79 Å². The SMILES string of the molecule is C=CCCOc1cccc(CC(=O)OC)c1. The number of esters is 1. The minimum atomic E-state index is -0.247. The van der Waals surface area contributed by atoms with Crippen molar-refractivity contribution in [2.24, 2.45) is 0 Å². The number of methoxy groups -OCH3 is 1. The number of carbonyl (C=O) groups is 1. The molecule has 0 spiro atoms. The van der Waals surface area contributed by atoms with Gasteiger partial charge in [0.15, 0.2) is 0 Å². The summed E-state index contributed by atoms with van der Waals surface area (Å²) in [6.45, 7) is 4.22. The van der Waals surface area contributed by atoms with Crippen molar-refractivity contribution in [1.82, 2.24) is 0 Å². The van der Waals surface area contributed by atoms with Crippen molar-refractivity contribution in [2.75, 3.05) is 13.7 Å². The molecule has 0 saturated heterocycles.